The predicted molar refractivity (Wildman–Crippen MR) is 149 cm³/mol. The maximum absolute atomic E-state index is 13.6. The largest absolute Gasteiger partial charge is 0.497 e. The van der Waals surface area contributed by atoms with Gasteiger partial charge in [-0.05, 0) is 53.6 Å². The van der Waals surface area contributed by atoms with E-state index in [1.807, 2.05) is 92.7 Å². The number of carbonyl (C=O) groups is 1. The number of amides is 1. The van der Waals surface area contributed by atoms with Gasteiger partial charge < -0.3 is 15.0 Å². The van der Waals surface area contributed by atoms with Gasteiger partial charge in [0.25, 0.3) is 5.91 Å². The normalized spacial score (nSPS) is 12.2. The van der Waals surface area contributed by atoms with Gasteiger partial charge in [-0.25, -0.2) is 0 Å². The van der Waals surface area contributed by atoms with Gasteiger partial charge in [0.1, 0.15) is 5.75 Å². The van der Waals surface area contributed by atoms with Crippen molar-refractivity contribution in [3.8, 4) is 5.75 Å². The third-order valence-corrected chi connectivity index (χ3v) is 5.56. The second-order valence-electron chi connectivity index (χ2n) is 7.98. The molecule has 0 bridgehead atoms. The quantitative estimate of drug-likeness (QED) is 0.259. The molecule has 0 radical (unpaired) electrons. The van der Waals surface area contributed by atoms with Crippen LogP contribution in [0.3, 0.4) is 0 Å². The molecule has 7 heteroatoms. The minimum Gasteiger partial charge on any atom is -0.497 e. The average molecular weight is 498 g/mol. The third kappa shape index (κ3) is 7.67. The molecule has 0 aromatic heterocycles. The number of hydrogen-bond donors (Lipinski definition) is 1. The third-order valence-electron chi connectivity index (χ3n) is 5.56. The molecule has 0 saturated carbocycles. The number of benzene rings is 3. The molecule has 0 spiro atoms. The number of methoxy groups -OCH3 is 1. The van der Waals surface area contributed by atoms with Crippen LogP contribution in [0.5, 0.6) is 5.75 Å². The number of rotatable bonds is 9. The lowest BCUT2D eigenvalue weighted by atomic mass is 10.1. The van der Waals surface area contributed by atoms with Gasteiger partial charge in [0.05, 0.1) is 18.6 Å². The van der Waals surface area contributed by atoms with Crippen LogP contribution in [0.4, 0.5) is 11.4 Å². The lowest BCUT2D eigenvalue weighted by molar-refractivity contribution is -0.400. The standard InChI is InChI=1S/C28H25N3O4.C2H6/c1-35-27-15-9-22(10-16-27)20-30(26-5-3-2-4-6-26)28(32)23-11-14-25(19-23)29-24-12-7-21(8-13-24)17-18-31(33)34;1-2/h2-18,29H,19-20H2,1H3;1-2H3/b18-17-;. The molecule has 0 saturated heterocycles. The van der Waals surface area contributed by atoms with Crippen molar-refractivity contribution in [2.45, 2.75) is 26.8 Å². The number of allylic oxidation sites excluding steroid dienone is 3. The van der Waals surface area contributed by atoms with Gasteiger partial charge in [-0.3, -0.25) is 14.9 Å². The summed E-state index contributed by atoms with van der Waals surface area (Å²) in [5.74, 6) is 0.715. The minimum atomic E-state index is -0.493. The number of nitro groups is 1. The van der Waals surface area contributed by atoms with Crippen LogP contribution < -0.4 is 15.0 Å². The van der Waals surface area contributed by atoms with Crippen molar-refractivity contribution in [1.82, 2.24) is 0 Å². The summed E-state index contributed by atoms with van der Waals surface area (Å²) >= 11 is 0. The number of nitrogens with zero attached hydrogens (tertiary/aromatic N) is 2. The summed E-state index contributed by atoms with van der Waals surface area (Å²) in [4.78, 5) is 25.3. The first-order valence-corrected chi connectivity index (χ1v) is 12.1. The summed E-state index contributed by atoms with van der Waals surface area (Å²) in [5.41, 5.74) is 5.00. The molecule has 0 aliphatic heterocycles. The van der Waals surface area contributed by atoms with Crippen LogP contribution in [0, 0.1) is 10.1 Å². The van der Waals surface area contributed by atoms with Crippen molar-refractivity contribution in [1.29, 1.82) is 0 Å². The fourth-order valence-electron chi connectivity index (χ4n) is 3.74. The van der Waals surface area contributed by atoms with Crippen LogP contribution in [0.2, 0.25) is 0 Å². The Morgan fingerprint density at radius 3 is 2.30 bits per heavy atom. The Hall–Kier alpha value is -4.65. The highest BCUT2D eigenvalue weighted by Crippen LogP contribution is 2.27. The Labute approximate surface area is 217 Å². The van der Waals surface area contributed by atoms with Gasteiger partial charge in [-0.2, -0.15) is 0 Å². The molecular formula is C30H31N3O4. The van der Waals surface area contributed by atoms with E-state index in [9.17, 15) is 14.9 Å². The number of hydrogen-bond acceptors (Lipinski definition) is 5. The van der Waals surface area contributed by atoms with E-state index in [-0.39, 0.29) is 5.91 Å². The molecule has 0 fully saturated rings. The molecular weight excluding hydrogens is 466 g/mol. The van der Waals surface area contributed by atoms with E-state index >= 15 is 0 Å². The zero-order valence-electron chi connectivity index (χ0n) is 21.3. The summed E-state index contributed by atoms with van der Waals surface area (Å²) in [6.45, 7) is 4.44. The summed E-state index contributed by atoms with van der Waals surface area (Å²) < 4.78 is 5.24. The fourth-order valence-corrected chi connectivity index (χ4v) is 3.74. The van der Waals surface area contributed by atoms with E-state index in [0.717, 1.165) is 40.1 Å². The monoisotopic (exact) mass is 497 g/mol. The van der Waals surface area contributed by atoms with Gasteiger partial charge in [0.2, 0.25) is 6.20 Å². The summed E-state index contributed by atoms with van der Waals surface area (Å²) in [6.07, 6.45) is 6.59. The van der Waals surface area contributed by atoms with Crippen LogP contribution in [0.25, 0.3) is 6.08 Å². The molecule has 7 nitrogen and oxygen atoms in total. The molecule has 1 aliphatic carbocycles. The Kier molecular flexibility index (Phi) is 9.79. The van der Waals surface area contributed by atoms with Crippen molar-refractivity contribution in [3.63, 3.8) is 0 Å². The van der Waals surface area contributed by atoms with Crippen LogP contribution in [0.15, 0.2) is 108 Å². The maximum Gasteiger partial charge on any atom is 0.254 e. The van der Waals surface area contributed by atoms with Crippen molar-refractivity contribution in [2.75, 3.05) is 17.3 Å². The van der Waals surface area contributed by atoms with E-state index in [2.05, 4.69) is 5.32 Å². The lowest BCUT2D eigenvalue weighted by Gasteiger charge is -2.24. The Morgan fingerprint density at radius 1 is 1.00 bits per heavy atom. The first kappa shape index (κ1) is 26.9. The summed E-state index contributed by atoms with van der Waals surface area (Å²) in [5, 5.41) is 13.8. The number of nitrogens with one attached hydrogen (secondary N) is 1. The molecule has 0 heterocycles. The molecule has 37 heavy (non-hydrogen) atoms. The van der Waals surface area contributed by atoms with E-state index in [0.29, 0.717) is 18.5 Å². The highest BCUT2D eigenvalue weighted by molar-refractivity contribution is 6.06. The number of para-hydroxylation sites is 1. The maximum atomic E-state index is 13.6. The molecule has 3 aromatic carbocycles. The SMILES string of the molecule is CC.COc1ccc(CN(C(=O)C2=CC=C(Nc3ccc(/C=C\[N+](=O)[O-])cc3)C2)c2ccccc2)cc1. The smallest absolute Gasteiger partial charge is 0.254 e. The first-order chi connectivity index (χ1) is 18.0. The molecule has 190 valence electrons. The second-order valence-corrected chi connectivity index (χ2v) is 7.98. The molecule has 1 N–H and O–H groups in total. The molecule has 0 unspecified atom stereocenters. The van der Waals surface area contributed by atoms with Crippen LogP contribution >= 0.6 is 0 Å². The minimum absolute atomic E-state index is 0.0552. The fraction of sp³-hybridized carbons (Fsp3) is 0.167. The van der Waals surface area contributed by atoms with Gasteiger partial charge >= 0.3 is 0 Å². The Morgan fingerprint density at radius 2 is 1.68 bits per heavy atom. The van der Waals surface area contributed by atoms with Gasteiger partial charge in [0, 0.05) is 35.1 Å². The van der Waals surface area contributed by atoms with Gasteiger partial charge in [-0.1, -0.05) is 62.4 Å². The molecule has 1 amide bonds. The Balaban J connectivity index is 0.00000186. The van der Waals surface area contributed by atoms with Crippen LogP contribution in [-0.2, 0) is 11.3 Å². The molecule has 1 aliphatic rings. The van der Waals surface area contributed by atoms with E-state index in [4.69, 9.17) is 4.74 Å². The van der Waals surface area contributed by atoms with Crippen molar-refractivity contribution < 1.29 is 14.5 Å². The second kappa shape index (κ2) is 13.4. The van der Waals surface area contributed by atoms with Crippen molar-refractivity contribution in [3.05, 3.63) is 130 Å². The highest BCUT2D eigenvalue weighted by Gasteiger charge is 2.23. The first-order valence-electron chi connectivity index (χ1n) is 12.1. The van der Waals surface area contributed by atoms with Crippen LogP contribution in [0.1, 0.15) is 31.4 Å². The number of ether oxygens (including phenoxy) is 1. The van der Waals surface area contributed by atoms with E-state index < -0.39 is 4.92 Å². The lowest BCUT2D eigenvalue weighted by Crippen LogP contribution is -2.31. The van der Waals surface area contributed by atoms with Crippen molar-refractivity contribution in [2.24, 2.45) is 0 Å². The average Bonchev–Trinajstić information content (AvgIpc) is 3.41. The van der Waals surface area contributed by atoms with Gasteiger partial charge in [0.15, 0.2) is 0 Å². The zero-order chi connectivity index (χ0) is 26.6. The summed E-state index contributed by atoms with van der Waals surface area (Å²) in [6, 6.07) is 24.6. The highest BCUT2D eigenvalue weighted by atomic mass is 16.6. The van der Waals surface area contributed by atoms with E-state index in [1.165, 1.54) is 6.08 Å². The van der Waals surface area contributed by atoms with E-state index in [1.54, 1.807) is 24.1 Å². The molecule has 3 aromatic rings. The Bertz CT molecular complexity index is 1280. The van der Waals surface area contributed by atoms with Gasteiger partial charge in [-0.15, -0.1) is 0 Å². The number of carbonyl (C=O) groups excluding carboxylic acids is 1. The number of anilines is 2. The van der Waals surface area contributed by atoms with Crippen molar-refractivity contribution >= 4 is 23.4 Å². The predicted octanol–water partition coefficient (Wildman–Crippen LogP) is 6.83. The molecule has 4 rings (SSSR count). The molecule has 0 atom stereocenters. The summed E-state index contributed by atoms with van der Waals surface area (Å²) in [7, 11) is 1.63. The zero-order valence-corrected chi connectivity index (χ0v) is 21.3. The van der Waals surface area contributed by atoms with Crippen LogP contribution in [-0.4, -0.2) is 17.9 Å². The topological polar surface area (TPSA) is 84.7 Å².